The van der Waals surface area contributed by atoms with Crippen LogP contribution in [0.3, 0.4) is 0 Å². The molecule has 1 aliphatic carbocycles. The lowest BCUT2D eigenvalue weighted by Crippen LogP contribution is -2.68. The van der Waals surface area contributed by atoms with Gasteiger partial charge in [-0.05, 0) is 38.4 Å². The smallest absolute Gasteiger partial charge is 0.236 e. The van der Waals surface area contributed by atoms with Crippen LogP contribution in [0.1, 0.15) is 37.7 Å². The predicted molar refractivity (Wildman–Crippen MR) is 109 cm³/mol. The van der Waals surface area contributed by atoms with Crippen LogP contribution in [-0.4, -0.2) is 84.0 Å². The molecule has 0 aromatic heterocycles. The van der Waals surface area contributed by atoms with Gasteiger partial charge in [-0.2, -0.15) is 0 Å². The van der Waals surface area contributed by atoms with Gasteiger partial charge < -0.3 is 19.8 Å². The van der Waals surface area contributed by atoms with Crippen LogP contribution in [-0.2, 0) is 9.59 Å². The molecule has 0 spiro atoms. The number of aliphatic hydroxyl groups excluding tert-OH is 1. The maximum atomic E-state index is 12.9. The average Bonchev–Trinajstić information content (AvgIpc) is 2.58. The molecule has 3 rings (SSSR count). The number of benzene rings is 1. The van der Waals surface area contributed by atoms with Crippen molar-refractivity contribution in [1.29, 1.82) is 0 Å². The minimum absolute atomic E-state index is 0.0418. The van der Waals surface area contributed by atoms with Gasteiger partial charge in [0.25, 0.3) is 0 Å². The number of carbonyl (C=O) groups is 2. The van der Waals surface area contributed by atoms with Crippen molar-refractivity contribution in [3.63, 3.8) is 0 Å². The fourth-order valence-corrected chi connectivity index (χ4v) is 4.60. The number of carbonyl (C=O) groups excluding carboxylic acids is 2. The third kappa shape index (κ3) is 4.39. The second-order valence-corrected chi connectivity index (χ2v) is 8.51. The summed E-state index contributed by atoms with van der Waals surface area (Å²) in [7, 11) is 3.80. The van der Waals surface area contributed by atoms with E-state index in [2.05, 4.69) is 12.1 Å². The molecule has 154 valence electrons. The van der Waals surface area contributed by atoms with Crippen LogP contribution < -0.4 is 0 Å². The summed E-state index contributed by atoms with van der Waals surface area (Å²) in [5, 5.41) is 9.93. The fraction of sp³-hybridized carbons (Fsp3) is 0.636. The molecule has 1 heterocycles. The molecular weight excluding hydrogens is 354 g/mol. The van der Waals surface area contributed by atoms with Gasteiger partial charge in [-0.3, -0.25) is 9.59 Å². The first kappa shape index (κ1) is 20.8. The quantitative estimate of drug-likeness (QED) is 0.735. The van der Waals surface area contributed by atoms with Crippen molar-refractivity contribution < 1.29 is 14.7 Å². The van der Waals surface area contributed by atoms with E-state index in [9.17, 15) is 14.7 Å². The number of hydrogen-bond acceptors (Lipinski definition) is 4. The molecule has 0 unspecified atom stereocenters. The van der Waals surface area contributed by atoms with Crippen molar-refractivity contribution in [1.82, 2.24) is 14.7 Å². The van der Waals surface area contributed by atoms with Crippen LogP contribution in [0.25, 0.3) is 0 Å². The maximum absolute atomic E-state index is 12.9. The van der Waals surface area contributed by atoms with Gasteiger partial charge in [-0.15, -0.1) is 0 Å². The highest BCUT2D eigenvalue weighted by atomic mass is 16.3. The number of hydrogen-bond donors (Lipinski definition) is 1. The average molecular weight is 388 g/mol. The molecule has 2 fully saturated rings. The highest BCUT2D eigenvalue weighted by Crippen LogP contribution is 2.41. The summed E-state index contributed by atoms with van der Waals surface area (Å²) in [6.45, 7) is 3.15. The van der Waals surface area contributed by atoms with Crippen LogP contribution in [0.4, 0.5) is 0 Å². The number of nitrogens with zero attached hydrogens (tertiary/aromatic N) is 3. The molecule has 3 atom stereocenters. The molecular formula is C22H33N3O3. The lowest BCUT2D eigenvalue weighted by molar-refractivity contribution is -0.153. The number of amides is 2. The van der Waals surface area contributed by atoms with Crippen molar-refractivity contribution in [2.75, 3.05) is 40.3 Å². The standard InChI is InChI=1S/C22H33N3O3/c1-16(27)25-19(22(20(25)15-26)18-10-5-4-6-11-18)13-24(12-17-8-7-9-17)21(28)14-23(2)3/h4-6,10-11,17,19-20,22,26H,7-9,12-15H2,1-3H3/t19-,20-,22-/m0/s1. The Kier molecular flexibility index (Phi) is 6.73. The van der Waals surface area contributed by atoms with Gasteiger partial charge in [-0.1, -0.05) is 36.8 Å². The first-order valence-electron chi connectivity index (χ1n) is 10.3. The normalized spacial score (nSPS) is 24.6. The van der Waals surface area contributed by atoms with E-state index >= 15 is 0 Å². The first-order chi connectivity index (χ1) is 13.4. The molecule has 2 amide bonds. The summed E-state index contributed by atoms with van der Waals surface area (Å²) in [4.78, 5) is 30.8. The third-order valence-corrected chi connectivity index (χ3v) is 6.19. The molecule has 2 aliphatic rings. The van der Waals surface area contributed by atoms with E-state index < -0.39 is 0 Å². The molecule has 6 nitrogen and oxygen atoms in total. The second-order valence-electron chi connectivity index (χ2n) is 8.51. The summed E-state index contributed by atoms with van der Waals surface area (Å²) in [6, 6.07) is 9.73. The number of rotatable bonds is 8. The van der Waals surface area contributed by atoms with Gasteiger partial charge in [0.2, 0.25) is 11.8 Å². The van der Waals surface area contributed by atoms with Gasteiger partial charge in [0.15, 0.2) is 0 Å². The van der Waals surface area contributed by atoms with Gasteiger partial charge in [0.1, 0.15) is 0 Å². The Bertz CT molecular complexity index is 675. The molecule has 28 heavy (non-hydrogen) atoms. The van der Waals surface area contributed by atoms with Crippen LogP contribution >= 0.6 is 0 Å². The van der Waals surface area contributed by atoms with Crippen LogP contribution in [0.2, 0.25) is 0 Å². The predicted octanol–water partition coefficient (Wildman–Crippen LogP) is 1.55. The molecule has 1 N–H and O–H groups in total. The molecule has 1 aliphatic heterocycles. The van der Waals surface area contributed by atoms with Crippen molar-refractivity contribution in [2.45, 2.75) is 44.2 Å². The van der Waals surface area contributed by atoms with Gasteiger partial charge in [0, 0.05) is 25.9 Å². The molecule has 1 aromatic carbocycles. The van der Waals surface area contributed by atoms with Gasteiger partial charge >= 0.3 is 0 Å². The SMILES string of the molecule is CC(=O)N1[C@@H](CO)[C@@H](c2ccccc2)[C@@H]1CN(CC1CCC1)C(=O)CN(C)C. The van der Waals surface area contributed by atoms with E-state index in [1.807, 2.05) is 42.1 Å². The number of likely N-dealkylation sites (N-methyl/N-ethyl adjacent to an activating group) is 1. The Balaban J connectivity index is 1.82. The van der Waals surface area contributed by atoms with E-state index in [1.54, 1.807) is 11.8 Å². The summed E-state index contributed by atoms with van der Waals surface area (Å²) in [5.74, 6) is 0.687. The van der Waals surface area contributed by atoms with E-state index in [4.69, 9.17) is 0 Å². The summed E-state index contributed by atoms with van der Waals surface area (Å²) >= 11 is 0. The molecule has 0 bridgehead atoms. The second kappa shape index (κ2) is 9.05. The topological polar surface area (TPSA) is 64.1 Å². The van der Waals surface area contributed by atoms with Crippen molar-refractivity contribution >= 4 is 11.8 Å². The number of likely N-dealkylation sites (tertiary alicyclic amines) is 1. The first-order valence-corrected chi connectivity index (χ1v) is 10.3. The highest BCUT2D eigenvalue weighted by Gasteiger charge is 2.51. The summed E-state index contributed by atoms with van der Waals surface area (Å²) < 4.78 is 0. The van der Waals surface area contributed by atoms with Crippen molar-refractivity contribution in [3.05, 3.63) is 35.9 Å². The summed E-state index contributed by atoms with van der Waals surface area (Å²) in [6.07, 6.45) is 3.59. The largest absolute Gasteiger partial charge is 0.394 e. The lowest BCUT2D eigenvalue weighted by Gasteiger charge is -2.56. The summed E-state index contributed by atoms with van der Waals surface area (Å²) in [5.41, 5.74) is 1.12. The maximum Gasteiger partial charge on any atom is 0.236 e. The Labute approximate surface area is 168 Å². The monoisotopic (exact) mass is 387 g/mol. The molecule has 0 radical (unpaired) electrons. The third-order valence-electron chi connectivity index (χ3n) is 6.19. The van der Waals surface area contributed by atoms with E-state index in [0.717, 1.165) is 12.1 Å². The van der Waals surface area contributed by atoms with Crippen LogP contribution in [0.15, 0.2) is 30.3 Å². The Hall–Kier alpha value is -1.92. The van der Waals surface area contributed by atoms with E-state index in [-0.39, 0.29) is 36.4 Å². The van der Waals surface area contributed by atoms with Crippen molar-refractivity contribution in [2.24, 2.45) is 5.92 Å². The zero-order chi connectivity index (χ0) is 20.3. The highest BCUT2D eigenvalue weighted by molar-refractivity contribution is 5.79. The zero-order valence-electron chi connectivity index (χ0n) is 17.3. The molecule has 6 heteroatoms. The van der Waals surface area contributed by atoms with Crippen molar-refractivity contribution in [3.8, 4) is 0 Å². The van der Waals surface area contributed by atoms with E-state index in [1.165, 1.54) is 19.3 Å². The Morgan fingerprint density at radius 3 is 2.29 bits per heavy atom. The zero-order valence-corrected chi connectivity index (χ0v) is 17.3. The van der Waals surface area contributed by atoms with Gasteiger partial charge in [-0.25, -0.2) is 0 Å². The Morgan fingerprint density at radius 1 is 1.11 bits per heavy atom. The Morgan fingerprint density at radius 2 is 1.79 bits per heavy atom. The van der Waals surface area contributed by atoms with Gasteiger partial charge in [0.05, 0.1) is 25.2 Å². The minimum Gasteiger partial charge on any atom is -0.394 e. The van der Waals surface area contributed by atoms with E-state index in [0.29, 0.717) is 19.0 Å². The lowest BCUT2D eigenvalue weighted by atomic mass is 9.74. The number of aliphatic hydroxyl groups is 1. The fourth-order valence-electron chi connectivity index (χ4n) is 4.60. The molecule has 1 saturated carbocycles. The minimum atomic E-state index is -0.223. The molecule has 1 saturated heterocycles. The molecule has 1 aromatic rings. The van der Waals surface area contributed by atoms with Crippen LogP contribution in [0, 0.1) is 5.92 Å². The van der Waals surface area contributed by atoms with Crippen LogP contribution in [0.5, 0.6) is 0 Å².